The fourth-order valence-electron chi connectivity index (χ4n) is 1.58. The molecule has 0 aliphatic rings. The van der Waals surface area contributed by atoms with Gasteiger partial charge in [0.25, 0.3) is 0 Å². The molecule has 0 atom stereocenters. The second kappa shape index (κ2) is 7.01. The van der Waals surface area contributed by atoms with Crippen molar-refractivity contribution in [1.29, 1.82) is 0 Å². The van der Waals surface area contributed by atoms with Gasteiger partial charge >= 0.3 is 0 Å². The summed E-state index contributed by atoms with van der Waals surface area (Å²) in [7, 11) is 1.55. The maximum Gasteiger partial charge on any atom is 0.248 e. The maximum absolute atomic E-state index is 11.7. The second-order valence-electron chi connectivity index (χ2n) is 3.73. The van der Waals surface area contributed by atoms with Gasteiger partial charge in [-0.25, -0.2) is 0 Å². The van der Waals surface area contributed by atoms with Crippen molar-refractivity contribution >= 4 is 5.91 Å². The summed E-state index contributed by atoms with van der Waals surface area (Å²) in [5.74, 6) is 0.0493. The molecule has 16 heavy (non-hydrogen) atoms. The minimum Gasteiger partial charge on any atom is -0.375 e. The molecule has 0 heterocycles. The van der Waals surface area contributed by atoms with Crippen LogP contribution >= 0.6 is 0 Å². The van der Waals surface area contributed by atoms with E-state index in [2.05, 4.69) is 6.92 Å². The lowest BCUT2D eigenvalue weighted by atomic mass is 10.2. The van der Waals surface area contributed by atoms with Crippen LogP contribution in [-0.4, -0.2) is 31.1 Å². The van der Waals surface area contributed by atoms with E-state index >= 15 is 0 Å². The van der Waals surface area contributed by atoms with Gasteiger partial charge in [0.2, 0.25) is 5.91 Å². The fraction of sp³-hybridized carbons (Fsp3) is 0.462. The van der Waals surface area contributed by atoms with Crippen LogP contribution in [0.2, 0.25) is 0 Å². The molecule has 0 N–H and O–H groups in total. The van der Waals surface area contributed by atoms with E-state index < -0.39 is 0 Å². The predicted molar refractivity (Wildman–Crippen MR) is 64.0 cm³/mol. The quantitative estimate of drug-likeness (QED) is 0.736. The molecular formula is C13H19NO2. The lowest BCUT2D eigenvalue weighted by Crippen LogP contribution is -2.33. The Kier molecular flexibility index (Phi) is 5.57. The highest BCUT2D eigenvalue weighted by Gasteiger charge is 2.12. The molecule has 0 saturated heterocycles. The number of hydrogen-bond acceptors (Lipinski definition) is 2. The molecule has 0 unspecified atom stereocenters. The third-order valence-corrected chi connectivity index (χ3v) is 2.33. The summed E-state index contributed by atoms with van der Waals surface area (Å²) in [6.45, 7) is 3.67. The van der Waals surface area contributed by atoms with Gasteiger partial charge in [-0.1, -0.05) is 37.3 Å². The van der Waals surface area contributed by atoms with E-state index in [-0.39, 0.29) is 12.5 Å². The van der Waals surface area contributed by atoms with Crippen LogP contribution in [-0.2, 0) is 16.1 Å². The van der Waals surface area contributed by atoms with Gasteiger partial charge in [-0.05, 0) is 12.0 Å². The molecule has 1 amide bonds. The van der Waals surface area contributed by atoms with Crippen molar-refractivity contribution in [3.8, 4) is 0 Å². The first kappa shape index (κ1) is 12.7. The standard InChI is InChI=1S/C13H19NO2/c1-3-9-14(13(15)11-16-2)10-12-7-5-4-6-8-12/h4-8H,3,9-11H2,1-2H3. The van der Waals surface area contributed by atoms with Gasteiger partial charge in [-0.2, -0.15) is 0 Å². The highest BCUT2D eigenvalue weighted by atomic mass is 16.5. The van der Waals surface area contributed by atoms with Crippen LogP contribution in [0.4, 0.5) is 0 Å². The first-order chi connectivity index (χ1) is 7.77. The predicted octanol–water partition coefficient (Wildman–Crippen LogP) is 2.07. The van der Waals surface area contributed by atoms with Crippen LogP contribution in [0.25, 0.3) is 0 Å². The maximum atomic E-state index is 11.7. The van der Waals surface area contributed by atoms with Crippen LogP contribution in [0.3, 0.4) is 0 Å². The minimum atomic E-state index is 0.0493. The highest BCUT2D eigenvalue weighted by molar-refractivity contribution is 5.77. The van der Waals surface area contributed by atoms with E-state index in [4.69, 9.17) is 4.74 Å². The lowest BCUT2D eigenvalue weighted by Gasteiger charge is -2.21. The monoisotopic (exact) mass is 221 g/mol. The van der Waals surface area contributed by atoms with Crippen molar-refractivity contribution in [2.75, 3.05) is 20.3 Å². The second-order valence-corrected chi connectivity index (χ2v) is 3.73. The molecule has 88 valence electrons. The molecule has 0 radical (unpaired) electrons. The van der Waals surface area contributed by atoms with Crippen molar-refractivity contribution in [2.45, 2.75) is 19.9 Å². The number of rotatable bonds is 6. The van der Waals surface area contributed by atoms with Gasteiger partial charge in [-0.3, -0.25) is 4.79 Å². The van der Waals surface area contributed by atoms with Crippen molar-refractivity contribution in [3.63, 3.8) is 0 Å². The van der Waals surface area contributed by atoms with Gasteiger partial charge in [0, 0.05) is 20.2 Å². The summed E-state index contributed by atoms with van der Waals surface area (Å²) in [6.07, 6.45) is 0.961. The van der Waals surface area contributed by atoms with Crippen molar-refractivity contribution < 1.29 is 9.53 Å². The average molecular weight is 221 g/mol. The van der Waals surface area contributed by atoms with E-state index in [0.717, 1.165) is 18.5 Å². The minimum absolute atomic E-state index is 0.0493. The molecule has 3 heteroatoms. The van der Waals surface area contributed by atoms with Crippen molar-refractivity contribution in [2.24, 2.45) is 0 Å². The normalized spacial score (nSPS) is 10.1. The largest absolute Gasteiger partial charge is 0.375 e. The van der Waals surface area contributed by atoms with Gasteiger partial charge in [0.1, 0.15) is 6.61 Å². The van der Waals surface area contributed by atoms with E-state index in [0.29, 0.717) is 6.54 Å². The van der Waals surface area contributed by atoms with Gasteiger partial charge in [0.05, 0.1) is 0 Å². The van der Waals surface area contributed by atoms with E-state index in [1.54, 1.807) is 7.11 Å². The molecule has 0 saturated carbocycles. The SMILES string of the molecule is CCCN(Cc1ccccc1)C(=O)COC. The summed E-state index contributed by atoms with van der Waals surface area (Å²) >= 11 is 0. The van der Waals surface area contributed by atoms with Crippen LogP contribution in [0.15, 0.2) is 30.3 Å². The molecule has 0 bridgehead atoms. The number of methoxy groups -OCH3 is 1. The third kappa shape index (κ3) is 4.03. The Balaban J connectivity index is 2.60. The summed E-state index contributed by atoms with van der Waals surface area (Å²) < 4.78 is 4.88. The Labute approximate surface area is 97.0 Å². The van der Waals surface area contributed by atoms with Crippen LogP contribution < -0.4 is 0 Å². The number of amides is 1. The molecule has 0 aromatic heterocycles. The molecule has 3 nitrogen and oxygen atoms in total. The number of ether oxygens (including phenoxy) is 1. The van der Waals surface area contributed by atoms with Crippen molar-refractivity contribution in [3.05, 3.63) is 35.9 Å². The zero-order valence-corrected chi connectivity index (χ0v) is 9.98. The molecule has 1 aromatic carbocycles. The zero-order valence-electron chi connectivity index (χ0n) is 9.98. The summed E-state index contributed by atoms with van der Waals surface area (Å²) in [4.78, 5) is 13.6. The summed E-state index contributed by atoms with van der Waals surface area (Å²) in [5.41, 5.74) is 1.15. The molecule has 0 fully saturated rings. The highest BCUT2D eigenvalue weighted by Crippen LogP contribution is 2.05. The molecule has 1 aromatic rings. The van der Waals surface area contributed by atoms with Gasteiger partial charge < -0.3 is 9.64 Å². The number of nitrogens with zero attached hydrogens (tertiary/aromatic N) is 1. The Hall–Kier alpha value is -1.35. The summed E-state index contributed by atoms with van der Waals surface area (Å²) in [6, 6.07) is 10.0. The molecule has 0 aliphatic carbocycles. The van der Waals surface area contributed by atoms with E-state index in [1.165, 1.54) is 0 Å². The van der Waals surface area contributed by atoms with Gasteiger partial charge in [0.15, 0.2) is 0 Å². The fourth-order valence-corrected chi connectivity index (χ4v) is 1.58. The average Bonchev–Trinajstić information content (AvgIpc) is 2.30. The Morgan fingerprint density at radius 1 is 1.31 bits per heavy atom. The Morgan fingerprint density at radius 3 is 2.56 bits per heavy atom. The molecule has 0 spiro atoms. The zero-order chi connectivity index (χ0) is 11.8. The summed E-state index contributed by atoms with van der Waals surface area (Å²) in [5, 5.41) is 0. The molecule has 0 aliphatic heterocycles. The first-order valence-electron chi connectivity index (χ1n) is 5.58. The third-order valence-electron chi connectivity index (χ3n) is 2.33. The van der Waals surface area contributed by atoms with Crippen LogP contribution in [0.5, 0.6) is 0 Å². The van der Waals surface area contributed by atoms with Crippen molar-refractivity contribution in [1.82, 2.24) is 4.90 Å². The number of hydrogen-bond donors (Lipinski definition) is 0. The Morgan fingerprint density at radius 2 is 2.00 bits per heavy atom. The number of benzene rings is 1. The molecular weight excluding hydrogens is 202 g/mol. The van der Waals surface area contributed by atoms with E-state index in [9.17, 15) is 4.79 Å². The number of carbonyl (C=O) groups excluding carboxylic acids is 1. The van der Waals surface area contributed by atoms with E-state index in [1.807, 2.05) is 35.2 Å². The molecule has 1 rings (SSSR count). The lowest BCUT2D eigenvalue weighted by molar-refractivity contribution is -0.135. The van der Waals surface area contributed by atoms with Crippen LogP contribution in [0.1, 0.15) is 18.9 Å². The number of carbonyl (C=O) groups is 1. The van der Waals surface area contributed by atoms with Gasteiger partial charge in [-0.15, -0.1) is 0 Å². The Bertz CT molecular complexity index is 311. The first-order valence-corrected chi connectivity index (χ1v) is 5.58. The smallest absolute Gasteiger partial charge is 0.248 e. The topological polar surface area (TPSA) is 29.5 Å². The van der Waals surface area contributed by atoms with Crippen LogP contribution in [0, 0.1) is 0 Å².